The minimum atomic E-state index is -2.57. The number of hydrogen-bond donors (Lipinski definition) is 2. The average molecular weight is 1660 g/mol. The molecule has 0 fully saturated rings. The maximum absolute atomic E-state index is 12.6. The van der Waals surface area contributed by atoms with E-state index in [-0.39, 0.29) is 71.1 Å². The van der Waals surface area contributed by atoms with Crippen molar-refractivity contribution >= 4 is 125 Å². The van der Waals surface area contributed by atoms with Gasteiger partial charge < -0.3 is 38.1 Å². The molecule has 7 aromatic carbocycles. The molecule has 0 aliphatic rings. The van der Waals surface area contributed by atoms with Crippen LogP contribution in [0.2, 0.25) is 10.1 Å². The van der Waals surface area contributed by atoms with Crippen molar-refractivity contribution in [2.24, 2.45) is 0 Å². The van der Waals surface area contributed by atoms with E-state index in [4.69, 9.17) is 28.2 Å². The number of halogens is 5. The first-order valence-corrected chi connectivity index (χ1v) is 40.1. The van der Waals surface area contributed by atoms with E-state index < -0.39 is 16.6 Å². The molecule has 0 radical (unpaired) electrons. The lowest BCUT2D eigenvalue weighted by molar-refractivity contribution is -0.108. The molecule has 4 atom stereocenters. The van der Waals surface area contributed by atoms with Crippen LogP contribution in [0.25, 0.3) is 0 Å². The van der Waals surface area contributed by atoms with Crippen LogP contribution >= 0.6 is 63.7 Å². The standard InChI is InChI=1S/C30H35BrO3Si.C23H31BrO2Si.C14H17BrO3.C14H15BrO3.CH4.FH/c1-24(31)23-26(34-29(32)25-15-8-5-9-16-25)17-14-22-33-35(30(2,3)4,27-18-10-6-11-19-27)28-20-12-7-13-21-28;1-19(24)18-20(25)12-11-17-26-27(23(2,3)4,21-13-7-5-8-14-21)22-15-9-6-10-16-22;2*1-11(15)10-13(8-5-9-16)18-14(17)12-6-3-2-4-7-12;;/h5-13,15-16,18-21,26H,1,14,17,22-23H2,2-4H3;5-10,13-16,20,25H,1,11-12,17-18H2,2-4H3;2-4,6-7,13,16H,1,5,8-10H2;2-4,6-7,9,13H,1,5,8,10H2;1H4;1H/t26-;20-;2*13-;;/m1011../s1. The lowest BCUT2D eigenvalue weighted by Crippen LogP contribution is -2.66. The normalized spacial score (nSPS) is 12.3. The fourth-order valence-corrected chi connectivity index (χ4v) is 21.9. The molecule has 2 N–H and O–H groups in total. The summed E-state index contributed by atoms with van der Waals surface area (Å²) < 4.78 is 33.6. The lowest BCUT2D eigenvalue weighted by atomic mass is 10.1. The third-order valence-electron chi connectivity index (χ3n) is 15.8. The summed E-state index contributed by atoms with van der Waals surface area (Å²) in [6.45, 7) is 30.2. The first-order valence-electron chi connectivity index (χ1n) is 33.1. The molecule has 0 saturated heterocycles. The van der Waals surface area contributed by atoms with E-state index in [0.717, 1.165) is 37.1 Å². The Hall–Kier alpha value is -6.30. The molecule has 7 rings (SSSR count). The van der Waals surface area contributed by atoms with Crippen molar-refractivity contribution in [1.29, 1.82) is 0 Å². The third-order valence-corrected chi connectivity index (χ3v) is 27.1. The molecule has 0 unspecified atom stereocenters. The molecule has 0 aliphatic carbocycles. The molecule has 0 bridgehead atoms. The number of aliphatic hydroxyl groups is 2. The summed E-state index contributed by atoms with van der Waals surface area (Å²) in [7, 11) is -5.03. The van der Waals surface area contributed by atoms with Gasteiger partial charge in [-0.1, -0.05) is 315 Å². The van der Waals surface area contributed by atoms with Crippen LogP contribution in [0.3, 0.4) is 0 Å². The van der Waals surface area contributed by atoms with Crippen LogP contribution in [0.1, 0.15) is 157 Å². The lowest BCUT2D eigenvalue weighted by Gasteiger charge is -2.43. The fourth-order valence-electron chi connectivity index (χ4n) is 11.3. The molecule has 0 aromatic heterocycles. The molecule has 0 amide bonds. The molecule has 18 heteroatoms. The van der Waals surface area contributed by atoms with Crippen LogP contribution in [0.15, 0.2) is 257 Å². The predicted octanol–water partition coefficient (Wildman–Crippen LogP) is 19.4. The maximum atomic E-state index is 12.6. The number of rotatable bonds is 34. The Labute approximate surface area is 631 Å². The van der Waals surface area contributed by atoms with Gasteiger partial charge in [-0.3, -0.25) is 4.70 Å². The van der Waals surface area contributed by atoms with Gasteiger partial charge in [-0.15, -0.1) is 0 Å². The number of aliphatic hydroxyl groups excluding tert-OH is 2. The molecular formula is C82H103Br4FO11Si2. The van der Waals surface area contributed by atoms with Gasteiger partial charge in [0.25, 0.3) is 16.6 Å². The van der Waals surface area contributed by atoms with Crippen molar-refractivity contribution in [3.8, 4) is 0 Å². The van der Waals surface area contributed by atoms with E-state index in [1.54, 1.807) is 60.7 Å². The zero-order chi connectivity index (χ0) is 72.0. The van der Waals surface area contributed by atoms with E-state index in [1.807, 2.05) is 30.3 Å². The molecule has 0 saturated carbocycles. The summed E-state index contributed by atoms with van der Waals surface area (Å²) in [5, 5.41) is 24.0. The summed E-state index contributed by atoms with van der Waals surface area (Å²) >= 11 is 13.3. The highest BCUT2D eigenvalue weighted by molar-refractivity contribution is 9.12. The number of esters is 3. The Morgan fingerprint density at radius 1 is 0.420 bits per heavy atom. The summed E-state index contributed by atoms with van der Waals surface area (Å²) in [5.41, 5.74) is 1.60. The van der Waals surface area contributed by atoms with E-state index in [2.05, 4.69) is 253 Å². The first kappa shape index (κ1) is 89.8. The van der Waals surface area contributed by atoms with Gasteiger partial charge in [0, 0.05) is 51.9 Å². The van der Waals surface area contributed by atoms with Gasteiger partial charge in [-0.2, -0.15) is 0 Å². The van der Waals surface area contributed by atoms with Crippen LogP contribution in [0.4, 0.5) is 4.70 Å². The van der Waals surface area contributed by atoms with Crippen LogP contribution in [-0.4, -0.2) is 95.3 Å². The SMILES string of the molecule is C.C=C(Br)C[C@@H](CCC=O)OC(=O)c1ccccc1.C=C(Br)C[C@@H](CCCO)OC(=O)c1ccccc1.C=C(Br)C[C@@H](CCCO[Si](c1ccccc1)(c1ccccc1)C(C)(C)C)OC(=O)c1ccccc1.C=C(Br)C[C@@H](O)CCCO[Si](c1ccccc1)(c1ccccc1)C(C)(C)C.F. The number of aldehydes is 1. The van der Waals surface area contributed by atoms with Crippen LogP contribution in [0, 0.1) is 0 Å². The van der Waals surface area contributed by atoms with Crippen LogP contribution in [0.5, 0.6) is 0 Å². The highest BCUT2D eigenvalue weighted by atomic mass is 79.9. The largest absolute Gasteiger partial charge is 0.458 e. The Bertz CT molecular complexity index is 3410. The molecule has 540 valence electrons. The molecule has 100 heavy (non-hydrogen) atoms. The second-order valence-electron chi connectivity index (χ2n) is 25.6. The molecule has 0 heterocycles. The van der Waals surface area contributed by atoms with E-state index in [9.17, 15) is 24.3 Å². The van der Waals surface area contributed by atoms with Gasteiger partial charge in [0.2, 0.25) is 0 Å². The second-order valence-corrected chi connectivity index (χ2v) is 38.7. The smallest absolute Gasteiger partial charge is 0.338 e. The zero-order valence-corrected chi connectivity index (χ0v) is 66.4. The van der Waals surface area contributed by atoms with Gasteiger partial charge in [-0.25, -0.2) is 14.4 Å². The second kappa shape index (κ2) is 47.8. The van der Waals surface area contributed by atoms with E-state index in [0.29, 0.717) is 94.1 Å². The van der Waals surface area contributed by atoms with E-state index in [1.165, 1.54) is 20.7 Å². The predicted molar refractivity (Wildman–Crippen MR) is 430 cm³/mol. The van der Waals surface area contributed by atoms with Crippen LogP contribution < -0.4 is 20.7 Å². The molecule has 0 spiro atoms. The van der Waals surface area contributed by atoms with Crippen molar-refractivity contribution in [3.63, 3.8) is 0 Å². The molecule has 11 nitrogen and oxygen atoms in total. The van der Waals surface area contributed by atoms with Gasteiger partial charge in [0.1, 0.15) is 24.6 Å². The Kier molecular flexibility index (Phi) is 42.9. The van der Waals surface area contributed by atoms with Crippen LogP contribution in [-0.2, 0) is 27.9 Å². The van der Waals surface area contributed by atoms with Crippen molar-refractivity contribution < 1.29 is 57.2 Å². The first-order chi connectivity index (χ1) is 46.8. The van der Waals surface area contributed by atoms with E-state index >= 15 is 0 Å². The Balaban J connectivity index is 0.000000469. The summed E-state index contributed by atoms with van der Waals surface area (Å²) in [6.07, 6.45) is 6.92. The third kappa shape index (κ3) is 31.1. The fraction of sp³-hybridized carbons (Fsp3) is 0.341. The highest BCUT2D eigenvalue weighted by Crippen LogP contribution is 2.38. The summed E-state index contributed by atoms with van der Waals surface area (Å²) in [5.74, 6) is -1.02. The number of ether oxygens (including phenoxy) is 3. The molecule has 0 aliphatic heterocycles. The molecular weight excluding hydrogens is 1560 g/mol. The Morgan fingerprint density at radius 3 is 0.920 bits per heavy atom. The summed E-state index contributed by atoms with van der Waals surface area (Å²) in [4.78, 5) is 46.7. The zero-order valence-electron chi connectivity index (χ0n) is 58.0. The maximum Gasteiger partial charge on any atom is 0.338 e. The van der Waals surface area contributed by atoms with Gasteiger partial charge in [0.15, 0.2) is 0 Å². The monoisotopic (exact) mass is 1650 g/mol. The van der Waals surface area contributed by atoms with Gasteiger partial charge >= 0.3 is 17.9 Å². The summed E-state index contributed by atoms with van der Waals surface area (Å²) in [6, 6.07) is 69.3. The van der Waals surface area contributed by atoms with Gasteiger partial charge in [-0.05, 0) is 130 Å². The van der Waals surface area contributed by atoms with Crippen molar-refractivity contribution in [2.75, 3.05) is 19.8 Å². The Morgan fingerprint density at radius 2 is 0.670 bits per heavy atom. The number of benzene rings is 7. The van der Waals surface area contributed by atoms with Crippen molar-refractivity contribution in [2.45, 2.75) is 161 Å². The molecule has 7 aromatic rings. The van der Waals surface area contributed by atoms with Crippen molar-refractivity contribution in [3.05, 3.63) is 273 Å². The minimum absolute atomic E-state index is 0. The highest BCUT2D eigenvalue weighted by Gasteiger charge is 2.51. The number of hydrogen-bond acceptors (Lipinski definition) is 11. The average Bonchev–Trinajstić information content (AvgIpc) is 0.757. The quantitative estimate of drug-likeness (QED) is 0.0130. The number of carbonyl (C=O) groups excluding carboxylic acids is 4. The van der Waals surface area contributed by atoms with Crippen molar-refractivity contribution in [1.82, 2.24) is 0 Å². The van der Waals surface area contributed by atoms with Gasteiger partial charge in [0.05, 0.1) is 22.8 Å². The topological polar surface area (TPSA) is 155 Å². The number of carbonyl (C=O) groups is 4. The minimum Gasteiger partial charge on any atom is -0.458 e.